The first-order valence-corrected chi connectivity index (χ1v) is 6.79. The van der Waals surface area contributed by atoms with E-state index in [2.05, 4.69) is 5.32 Å². The highest BCUT2D eigenvalue weighted by Gasteiger charge is 2.25. The van der Waals surface area contributed by atoms with Gasteiger partial charge in [-0.3, -0.25) is 4.90 Å². The molecule has 3 N–H and O–H groups in total. The van der Waals surface area contributed by atoms with Gasteiger partial charge in [0.15, 0.2) is 0 Å². The van der Waals surface area contributed by atoms with Gasteiger partial charge in [0.2, 0.25) is 0 Å². The van der Waals surface area contributed by atoms with Crippen LogP contribution in [0.4, 0.5) is 21.9 Å². The highest BCUT2D eigenvalue weighted by atomic mass is 16.5. The molecular formula is C16H17N3O2. The minimum absolute atomic E-state index is 0.177. The van der Waals surface area contributed by atoms with E-state index in [-0.39, 0.29) is 6.03 Å². The maximum Gasteiger partial charge on any atom is 0.326 e. The fourth-order valence-corrected chi connectivity index (χ4v) is 2.54. The number of anilines is 3. The highest BCUT2D eigenvalue weighted by Crippen LogP contribution is 2.31. The number of amides is 2. The van der Waals surface area contributed by atoms with Crippen LogP contribution in [0.1, 0.15) is 5.56 Å². The SMILES string of the molecule is COc1ccccc1NC(=O)N1CCc2ccc(N)cc21. The quantitative estimate of drug-likeness (QED) is 0.833. The molecule has 5 nitrogen and oxygen atoms in total. The third-order valence-electron chi connectivity index (χ3n) is 3.60. The Bertz CT molecular complexity index is 685. The van der Waals surface area contributed by atoms with Crippen LogP contribution in [0.3, 0.4) is 0 Å². The smallest absolute Gasteiger partial charge is 0.326 e. The van der Waals surface area contributed by atoms with Gasteiger partial charge in [-0.25, -0.2) is 4.79 Å². The summed E-state index contributed by atoms with van der Waals surface area (Å²) < 4.78 is 5.24. The number of rotatable bonds is 2. The van der Waals surface area contributed by atoms with Gasteiger partial charge in [-0.15, -0.1) is 0 Å². The van der Waals surface area contributed by atoms with Gasteiger partial charge >= 0.3 is 6.03 Å². The number of nitrogens with zero attached hydrogens (tertiary/aromatic N) is 1. The number of benzene rings is 2. The zero-order valence-electron chi connectivity index (χ0n) is 11.8. The van der Waals surface area contributed by atoms with E-state index in [4.69, 9.17) is 10.5 Å². The van der Waals surface area contributed by atoms with Crippen LogP contribution in [-0.2, 0) is 6.42 Å². The average Bonchev–Trinajstić information content (AvgIpc) is 2.90. The van der Waals surface area contributed by atoms with Crippen molar-refractivity contribution < 1.29 is 9.53 Å². The van der Waals surface area contributed by atoms with E-state index in [0.29, 0.717) is 23.7 Å². The molecule has 0 radical (unpaired) electrons. The monoisotopic (exact) mass is 283 g/mol. The van der Waals surface area contributed by atoms with E-state index in [0.717, 1.165) is 17.7 Å². The number of nitrogens with one attached hydrogen (secondary N) is 1. The van der Waals surface area contributed by atoms with Crippen LogP contribution in [0.25, 0.3) is 0 Å². The van der Waals surface area contributed by atoms with Crippen LogP contribution in [-0.4, -0.2) is 19.7 Å². The molecule has 3 rings (SSSR count). The molecule has 21 heavy (non-hydrogen) atoms. The molecule has 1 aliphatic rings. The molecular weight excluding hydrogens is 266 g/mol. The first-order valence-electron chi connectivity index (χ1n) is 6.79. The van der Waals surface area contributed by atoms with Gasteiger partial charge in [-0.2, -0.15) is 0 Å². The second kappa shape index (κ2) is 5.36. The molecule has 0 spiro atoms. The maximum atomic E-state index is 12.5. The summed E-state index contributed by atoms with van der Waals surface area (Å²) in [6.07, 6.45) is 0.842. The molecule has 0 saturated carbocycles. The van der Waals surface area contributed by atoms with Gasteiger partial charge in [0, 0.05) is 12.2 Å². The first-order chi connectivity index (χ1) is 10.2. The van der Waals surface area contributed by atoms with Gasteiger partial charge in [0.25, 0.3) is 0 Å². The van der Waals surface area contributed by atoms with Gasteiger partial charge in [0.1, 0.15) is 5.75 Å². The van der Waals surface area contributed by atoms with Crippen LogP contribution in [0, 0.1) is 0 Å². The maximum absolute atomic E-state index is 12.5. The molecule has 108 valence electrons. The standard InChI is InChI=1S/C16H17N3O2/c1-21-15-5-3-2-4-13(15)18-16(20)19-9-8-11-6-7-12(17)10-14(11)19/h2-7,10H,8-9,17H2,1H3,(H,18,20). The lowest BCUT2D eigenvalue weighted by atomic mass is 10.1. The predicted molar refractivity (Wildman–Crippen MR) is 83.9 cm³/mol. The van der Waals surface area contributed by atoms with E-state index < -0.39 is 0 Å². The molecule has 5 heteroatoms. The van der Waals surface area contributed by atoms with Crippen molar-refractivity contribution in [1.29, 1.82) is 0 Å². The second-order valence-electron chi connectivity index (χ2n) is 4.92. The number of nitrogens with two attached hydrogens (primary N) is 1. The molecule has 0 unspecified atom stereocenters. The molecule has 1 aliphatic heterocycles. The van der Waals surface area contributed by atoms with E-state index in [1.807, 2.05) is 42.5 Å². The molecule has 0 aromatic heterocycles. The van der Waals surface area contributed by atoms with Crippen molar-refractivity contribution in [3.63, 3.8) is 0 Å². The predicted octanol–water partition coefficient (Wildman–Crippen LogP) is 2.87. The lowest BCUT2D eigenvalue weighted by Gasteiger charge is -2.19. The molecule has 0 atom stereocenters. The zero-order valence-corrected chi connectivity index (χ0v) is 11.8. The van der Waals surface area contributed by atoms with E-state index in [9.17, 15) is 4.79 Å². The number of urea groups is 1. The van der Waals surface area contributed by atoms with Crippen molar-refractivity contribution in [1.82, 2.24) is 0 Å². The van der Waals surface area contributed by atoms with Crippen LogP contribution in [0.5, 0.6) is 5.75 Å². The molecule has 0 saturated heterocycles. The van der Waals surface area contributed by atoms with Crippen molar-refractivity contribution in [2.45, 2.75) is 6.42 Å². The Morgan fingerprint density at radius 2 is 2.10 bits per heavy atom. The number of methoxy groups -OCH3 is 1. The molecule has 1 heterocycles. The summed E-state index contributed by atoms with van der Waals surface area (Å²) in [7, 11) is 1.58. The van der Waals surface area contributed by atoms with Crippen molar-refractivity contribution >= 4 is 23.1 Å². The van der Waals surface area contributed by atoms with Crippen LogP contribution >= 0.6 is 0 Å². The fraction of sp³-hybridized carbons (Fsp3) is 0.188. The Morgan fingerprint density at radius 3 is 2.90 bits per heavy atom. The summed E-state index contributed by atoms with van der Waals surface area (Å²) in [5.41, 5.74) is 9.14. The van der Waals surface area contributed by atoms with Crippen molar-refractivity contribution in [3.05, 3.63) is 48.0 Å². The molecule has 0 bridgehead atoms. The normalized spacial score (nSPS) is 12.9. The van der Waals surface area contributed by atoms with Gasteiger partial charge in [0.05, 0.1) is 18.5 Å². The number of ether oxygens (including phenoxy) is 1. The average molecular weight is 283 g/mol. The largest absolute Gasteiger partial charge is 0.495 e. The topological polar surface area (TPSA) is 67.6 Å². The summed E-state index contributed by atoms with van der Waals surface area (Å²) in [5, 5.41) is 2.88. The lowest BCUT2D eigenvalue weighted by Crippen LogP contribution is -2.33. The lowest BCUT2D eigenvalue weighted by molar-refractivity contribution is 0.257. The molecule has 2 aromatic rings. The Balaban J connectivity index is 1.83. The van der Waals surface area contributed by atoms with Gasteiger partial charge < -0.3 is 15.8 Å². The third-order valence-corrected chi connectivity index (χ3v) is 3.60. The summed E-state index contributed by atoms with van der Waals surface area (Å²) in [6, 6.07) is 12.8. The van der Waals surface area contributed by atoms with Crippen LogP contribution < -0.4 is 20.7 Å². The van der Waals surface area contributed by atoms with Crippen molar-refractivity contribution in [2.75, 3.05) is 29.6 Å². The first kappa shape index (κ1) is 13.3. The van der Waals surface area contributed by atoms with Gasteiger partial charge in [-0.05, 0) is 36.2 Å². The number of carbonyl (C=O) groups excluding carboxylic acids is 1. The minimum Gasteiger partial charge on any atom is -0.495 e. The fourth-order valence-electron chi connectivity index (χ4n) is 2.54. The molecule has 2 amide bonds. The zero-order chi connectivity index (χ0) is 14.8. The minimum atomic E-state index is -0.177. The summed E-state index contributed by atoms with van der Waals surface area (Å²) in [5.74, 6) is 0.637. The number of fused-ring (bicyclic) bond motifs is 1. The number of nitrogen functional groups attached to an aromatic ring is 1. The van der Waals surface area contributed by atoms with Gasteiger partial charge in [-0.1, -0.05) is 18.2 Å². The Morgan fingerprint density at radius 1 is 1.29 bits per heavy atom. The molecule has 0 fully saturated rings. The van der Waals surface area contributed by atoms with E-state index in [1.54, 1.807) is 12.0 Å². The van der Waals surface area contributed by atoms with E-state index in [1.165, 1.54) is 0 Å². The second-order valence-corrected chi connectivity index (χ2v) is 4.92. The highest BCUT2D eigenvalue weighted by molar-refractivity contribution is 6.04. The summed E-state index contributed by atoms with van der Waals surface area (Å²) >= 11 is 0. The Hall–Kier alpha value is -2.69. The van der Waals surface area contributed by atoms with Crippen molar-refractivity contribution in [3.8, 4) is 5.75 Å². The number of para-hydroxylation sites is 2. The number of carbonyl (C=O) groups is 1. The molecule has 2 aromatic carbocycles. The number of hydrogen-bond donors (Lipinski definition) is 2. The summed E-state index contributed by atoms with van der Waals surface area (Å²) in [6.45, 7) is 0.653. The van der Waals surface area contributed by atoms with E-state index >= 15 is 0 Å². The molecule has 0 aliphatic carbocycles. The van der Waals surface area contributed by atoms with Crippen LogP contribution in [0.2, 0.25) is 0 Å². The Kier molecular flexibility index (Phi) is 3.39. The van der Waals surface area contributed by atoms with Crippen LogP contribution in [0.15, 0.2) is 42.5 Å². The Labute approximate surface area is 123 Å². The number of hydrogen-bond acceptors (Lipinski definition) is 3. The van der Waals surface area contributed by atoms with Crippen molar-refractivity contribution in [2.24, 2.45) is 0 Å². The third kappa shape index (κ3) is 2.50. The summed E-state index contributed by atoms with van der Waals surface area (Å²) in [4.78, 5) is 14.2.